The summed E-state index contributed by atoms with van der Waals surface area (Å²) in [6, 6.07) is 7.71. The number of hydrogen-bond donors (Lipinski definition) is 2. The van der Waals surface area contributed by atoms with E-state index in [1.807, 2.05) is 24.3 Å². The number of aliphatic imine (C=N–C) groups is 1. The van der Waals surface area contributed by atoms with Gasteiger partial charge in [0.05, 0.1) is 4.75 Å². The molecular formula is C17H27ClIN3O3S. The second-order valence-corrected chi connectivity index (χ2v) is 9.08. The van der Waals surface area contributed by atoms with E-state index >= 15 is 0 Å². The van der Waals surface area contributed by atoms with E-state index in [-0.39, 0.29) is 24.0 Å². The zero-order chi connectivity index (χ0) is 18.3. The number of benzene rings is 1. The SMILES string of the molecule is CN=C(NCCc1ccccc1Cl)NCC1(S(C)(=O)=O)CCOCC1.I. The predicted octanol–water partition coefficient (Wildman–Crippen LogP) is 2.26. The maximum absolute atomic E-state index is 12.3. The number of halogens is 2. The van der Waals surface area contributed by atoms with Gasteiger partial charge in [0.1, 0.15) is 0 Å². The Morgan fingerprint density at radius 2 is 1.92 bits per heavy atom. The first kappa shape index (κ1) is 23.5. The van der Waals surface area contributed by atoms with Crippen molar-refractivity contribution in [1.29, 1.82) is 0 Å². The van der Waals surface area contributed by atoms with Gasteiger partial charge in [-0.2, -0.15) is 0 Å². The molecule has 0 amide bonds. The lowest BCUT2D eigenvalue weighted by Gasteiger charge is -2.35. The Labute approximate surface area is 178 Å². The number of rotatable bonds is 6. The summed E-state index contributed by atoms with van der Waals surface area (Å²) in [7, 11) is -1.53. The van der Waals surface area contributed by atoms with Crippen LogP contribution in [0.2, 0.25) is 5.02 Å². The maximum Gasteiger partial charge on any atom is 0.191 e. The number of nitrogens with one attached hydrogen (secondary N) is 2. The number of hydrogen-bond acceptors (Lipinski definition) is 4. The van der Waals surface area contributed by atoms with Gasteiger partial charge in [0, 0.05) is 44.6 Å². The summed E-state index contributed by atoms with van der Waals surface area (Å²) >= 11 is 6.15. The summed E-state index contributed by atoms with van der Waals surface area (Å²) in [6.45, 7) is 1.90. The van der Waals surface area contributed by atoms with Gasteiger partial charge in [-0.1, -0.05) is 29.8 Å². The Bertz CT molecular complexity index is 707. The molecule has 1 aromatic carbocycles. The van der Waals surface area contributed by atoms with Gasteiger partial charge in [-0.25, -0.2) is 8.42 Å². The smallest absolute Gasteiger partial charge is 0.191 e. The monoisotopic (exact) mass is 515 g/mol. The molecule has 0 radical (unpaired) electrons. The summed E-state index contributed by atoms with van der Waals surface area (Å²) in [5.74, 6) is 0.585. The first-order chi connectivity index (χ1) is 11.9. The highest BCUT2D eigenvalue weighted by Crippen LogP contribution is 2.28. The molecule has 2 rings (SSSR count). The van der Waals surface area contributed by atoms with Gasteiger partial charge < -0.3 is 15.4 Å². The molecule has 0 aromatic heterocycles. The van der Waals surface area contributed by atoms with Gasteiger partial charge in [0.25, 0.3) is 0 Å². The van der Waals surface area contributed by atoms with E-state index < -0.39 is 14.6 Å². The van der Waals surface area contributed by atoms with E-state index in [1.54, 1.807) is 7.05 Å². The molecule has 2 N–H and O–H groups in total. The molecule has 0 unspecified atom stereocenters. The predicted molar refractivity (Wildman–Crippen MR) is 118 cm³/mol. The number of nitrogens with zero attached hydrogens (tertiary/aromatic N) is 1. The van der Waals surface area contributed by atoms with Gasteiger partial charge >= 0.3 is 0 Å². The summed E-state index contributed by atoms with van der Waals surface area (Å²) in [5.41, 5.74) is 1.06. The van der Waals surface area contributed by atoms with E-state index in [0.717, 1.165) is 17.0 Å². The van der Waals surface area contributed by atoms with Crippen LogP contribution in [0, 0.1) is 0 Å². The summed E-state index contributed by atoms with van der Waals surface area (Å²) in [6.07, 6.45) is 3.05. The molecule has 148 valence electrons. The van der Waals surface area contributed by atoms with E-state index in [1.165, 1.54) is 6.26 Å². The second kappa shape index (κ2) is 10.7. The van der Waals surface area contributed by atoms with Crippen molar-refractivity contribution in [3.63, 3.8) is 0 Å². The number of ether oxygens (including phenoxy) is 1. The third kappa shape index (κ3) is 6.24. The van der Waals surface area contributed by atoms with Gasteiger partial charge in [0.15, 0.2) is 15.8 Å². The van der Waals surface area contributed by atoms with Crippen molar-refractivity contribution in [2.24, 2.45) is 4.99 Å². The summed E-state index contributed by atoms with van der Waals surface area (Å²) < 4.78 is 29.1. The van der Waals surface area contributed by atoms with Crippen LogP contribution in [-0.2, 0) is 21.0 Å². The fourth-order valence-electron chi connectivity index (χ4n) is 2.90. The van der Waals surface area contributed by atoms with Crippen molar-refractivity contribution in [3.05, 3.63) is 34.9 Å². The third-order valence-corrected chi connectivity index (χ3v) is 7.13. The minimum absolute atomic E-state index is 0. The topological polar surface area (TPSA) is 79.8 Å². The third-order valence-electron chi connectivity index (χ3n) is 4.64. The molecule has 1 saturated heterocycles. The molecule has 26 heavy (non-hydrogen) atoms. The zero-order valence-electron chi connectivity index (χ0n) is 15.1. The molecule has 9 heteroatoms. The molecule has 0 bridgehead atoms. The Hall–Kier alpha value is -0.580. The summed E-state index contributed by atoms with van der Waals surface area (Å²) in [5, 5.41) is 7.11. The van der Waals surface area contributed by atoms with Crippen molar-refractivity contribution >= 4 is 51.4 Å². The van der Waals surface area contributed by atoms with Crippen LogP contribution in [0.1, 0.15) is 18.4 Å². The highest BCUT2D eigenvalue weighted by molar-refractivity contribution is 14.0. The Morgan fingerprint density at radius 1 is 1.27 bits per heavy atom. The van der Waals surface area contributed by atoms with Crippen LogP contribution in [-0.4, -0.2) is 58.7 Å². The molecule has 0 aliphatic carbocycles. The zero-order valence-corrected chi connectivity index (χ0v) is 19.0. The average Bonchev–Trinajstić information content (AvgIpc) is 2.59. The standard InChI is InChI=1S/C17H26ClN3O3S.HI/c1-19-16(20-10-7-14-5-3-4-6-15(14)18)21-13-17(25(2,22)23)8-11-24-12-9-17;/h3-6H,7-13H2,1-2H3,(H2,19,20,21);1H. The van der Waals surface area contributed by atoms with E-state index in [0.29, 0.717) is 45.1 Å². The molecule has 6 nitrogen and oxygen atoms in total. The molecule has 0 spiro atoms. The van der Waals surface area contributed by atoms with Gasteiger partial charge in [-0.05, 0) is 30.9 Å². The lowest BCUT2D eigenvalue weighted by Crippen LogP contribution is -2.53. The van der Waals surface area contributed by atoms with Crippen LogP contribution >= 0.6 is 35.6 Å². The lowest BCUT2D eigenvalue weighted by atomic mass is 9.99. The van der Waals surface area contributed by atoms with E-state index in [4.69, 9.17) is 16.3 Å². The van der Waals surface area contributed by atoms with Crippen molar-refractivity contribution < 1.29 is 13.2 Å². The van der Waals surface area contributed by atoms with Crippen molar-refractivity contribution in [1.82, 2.24) is 10.6 Å². The van der Waals surface area contributed by atoms with Crippen LogP contribution < -0.4 is 10.6 Å². The molecule has 1 aliphatic heterocycles. The molecule has 0 saturated carbocycles. The first-order valence-electron chi connectivity index (χ1n) is 8.33. The molecule has 1 fully saturated rings. The highest BCUT2D eigenvalue weighted by Gasteiger charge is 2.42. The molecule has 1 heterocycles. The fraction of sp³-hybridized carbons (Fsp3) is 0.588. The van der Waals surface area contributed by atoms with Gasteiger partial charge in [-0.3, -0.25) is 4.99 Å². The van der Waals surface area contributed by atoms with E-state index in [2.05, 4.69) is 15.6 Å². The minimum Gasteiger partial charge on any atom is -0.381 e. The largest absolute Gasteiger partial charge is 0.381 e. The Balaban J connectivity index is 0.00000338. The Kier molecular flexibility index (Phi) is 9.63. The van der Waals surface area contributed by atoms with E-state index in [9.17, 15) is 8.42 Å². The lowest BCUT2D eigenvalue weighted by molar-refractivity contribution is 0.0756. The van der Waals surface area contributed by atoms with Crippen molar-refractivity contribution in [2.45, 2.75) is 24.0 Å². The average molecular weight is 516 g/mol. The van der Waals surface area contributed by atoms with Crippen LogP contribution in [0.3, 0.4) is 0 Å². The minimum atomic E-state index is -3.20. The second-order valence-electron chi connectivity index (χ2n) is 6.26. The van der Waals surface area contributed by atoms with Gasteiger partial charge in [-0.15, -0.1) is 24.0 Å². The highest BCUT2D eigenvalue weighted by atomic mass is 127. The first-order valence-corrected chi connectivity index (χ1v) is 10.6. The van der Waals surface area contributed by atoms with Crippen LogP contribution in [0.15, 0.2) is 29.3 Å². The molecular weight excluding hydrogens is 489 g/mol. The number of guanidine groups is 1. The van der Waals surface area contributed by atoms with Crippen molar-refractivity contribution in [2.75, 3.05) is 39.6 Å². The number of sulfone groups is 1. The summed E-state index contributed by atoms with van der Waals surface area (Å²) in [4.78, 5) is 4.17. The molecule has 1 aromatic rings. The fourth-order valence-corrected chi connectivity index (χ4v) is 4.38. The normalized spacial score (nSPS) is 17.3. The molecule has 0 atom stereocenters. The van der Waals surface area contributed by atoms with Crippen LogP contribution in [0.4, 0.5) is 0 Å². The van der Waals surface area contributed by atoms with Crippen molar-refractivity contribution in [3.8, 4) is 0 Å². The van der Waals surface area contributed by atoms with Crippen LogP contribution in [0.25, 0.3) is 0 Å². The maximum atomic E-state index is 12.3. The quantitative estimate of drug-likeness (QED) is 0.345. The Morgan fingerprint density at radius 3 is 2.50 bits per heavy atom. The van der Waals surface area contributed by atoms with Gasteiger partial charge in [0.2, 0.25) is 0 Å². The molecule has 1 aliphatic rings. The van der Waals surface area contributed by atoms with Crippen LogP contribution in [0.5, 0.6) is 0 Å².